The molecule has 2 aromatic carbocycles. The molecule has 0 bridgehead atoms. The van der Waals surface area contributed by atoms with E-state index in [2.05, 4.69) is 20.8 Å². The largest absolute Gasteiger partial charge is 0.484 e. The van der Waals surface area contributed by atoms with E-state index >= 15 is 0 Å². The van der Waals surface area contributed by atoms with Gasteiger partial charge in [-0.25, -0.2) is 4.79 Å². The number of esters is 1. The van der Waals surface area contributed by atoms with Gasteiger partial charge in [0.05, 0.1) is 30.5 Å². The van der Waals surface area contributed by atoms with Crippen LogP contribution in [0.15, 0.2) is 65.8 Å². The van der Waals surface area contributed by atoms with Crippen LogP contribution in [0, 0.1) is 0 Å². The van der Waals surface area contributed by atoms with E-state index in [1.54, 1.807) is 26.0 Å². The number of rotatable bonds is 13. The third-order valence-electron chi connectivity index (χ3n) is 6.82. The summed E-state index contributed by atoms with van der Waals surface area (Å²) >= 11 is 2.71. The summed E-state index contributed by atoms with van der Waals surface area (Å²) in [5.41, 5.74) is 2.49. The monoisotopic (exact) mass is 619 g/mol. The molecule has 0 aliphatic heterocycles. The number of nitrogens with one attached hydrogen (secondary N) is 2. The standard InChI is InChI=1S/C31H33N5O5S2/c1-3-40-30(39)27-23-15-10-16-24(23)43-29(27)33-28(38)20(2)42-31-35-34-25(36(31)18-21-11-6-4-7-12-21)17-32-26(37)19-41-22-13-8-5-9-14-22/h4-9,11-14,20H,3,10,15-19H2,1-2H3,(H,32,37)(H,33,38). The first kappa shape index (κ1) is 30.3. The number of benzene rings is 2. The number of ether oxygens (including phenoxy) is 2. The summed E-state index contributed by atoms with van der Waals surface area (Å²) in [6.07, 6.45) is 2.70. The van der Waals surface area contributed by atoms with E-state index in [4.69, 9.17) is 9.47 Å². The molecule has 2 aromatic heterocycles. The summed E-state index contributed by atoms with van der Waals surface area (Å²) in [6.45, 7) is 4.29. The van der Waals surface area contributed by atoms with Crippen molar-refractivity contribution in [3.63, 3.8) is 0 Å². The first-order chi connectivity index (χ1) is 20.9. The average molecular weight is 620 g/mol. The van der Waals surface area contributed by atoms with Gasteiger partial charge >= 0.3 is 5.97 Å². The highest BCUT2D eigenvalue weighted by molar-refractivity contribution is 8.00. The van der Waals surface area contributed by atoms with Crippen LogP contribution in [0.4, 0.5) is 5.00 Å². The van der Waals surface area contributed by atoms with Gasteiger partial charge in [-0.1, -0.05) is 60.3 Å². The fraction of sp³-hybridized carbons (Fsp3) is 0.323. The molecule has 12 heteroatoms. The van der Waals surface area contributed by atoms with Gasteiger partial charge in [-0.15, -0.1) is 21.5 Å². The van der Waals surface area contributed by atoms with Gasteiger partial charge in [0.1, 0.15) is 10.8 Å². The molecule has 0 fully saturated rings. The maximum Gasteiger partial charge on any atom is 0.341 e. The SMILES string of the molecule is CCOC(=O)c1c(NC(=O)C(C)Sc2nnc(CNC(=O)COc3ccccc3)n2Cc2ccccc2)sc2c1CCC2. The highest BCUT2D eigenvalue weighted by Gasteiger charge is 2.30. The predicted octanol–water partition coefficient (Wildman–Crippen LogP) is 4.87. The van der Waals surface area contributed by atoms with Crippen molar-refractivity contribution in [3.05, 3.63) is 88.1 Å². The van der Waals surface area contributed by atoms with Gasteiger partial charge in [-0.2, -0.15) is 0 Å². The number of anilines is 1. The van der Waals surface area contributed by atoms with Crippen LogP contribution in [0.5, 0.6) is 5.75 Å². The molecule has 1 aliphatic rings. The van der Waals surface area contributed by atoms with Crippen LogP contribution in [0.1, 0.15) is 52.5 Å². The lowest BCUT2D eigenvalue weighted by Gasteiger charge is -2.15. The average Bonchev–Trinajstić information content (AvgIpc) is 3.71. The normalized spacial score (nSPS) is 12.8. The Morgan fingerprint density at radius 3 is 2.53 bits per heavy atom. The second kappa shape index (κ2) is 14.3. The Morgan fingerprint density at radius 1 is 1.05 bits per heavy atom. The molecule has 0 spiro atoms. The van der Waals surface area contributed by atoms with Gasteiger partial charge in [0, 0.05) is 4.88 Å². The van der Waals surface area contributed by atoms with Crippen molar-refractivity contribution in [2.45, 2.75) is 56.6 Å². The van der Waals surface area contributed by atoms with E-state index in [9.17, 15) is 14.4 Å². The molecule has 2 amide bonds. The fourth-order valence-electron chi connectivity index (χ4n) is 4.69. The molecule has 5 rings (SSSR count). The summed E-state index contributed by atoms with van der Waals surface area (Å²) in [7, 11) is 0. The maximum absolute atomic E-state index is 13.4. The van der Waals surface area contributed by atoms with Crippen LogP contribution in [0.25, 0.3) is 0 Å². The van der Waals surface area contributed by atoms with Gasteiger partial charge in [-0.05, 0) is 56.4 Å². The molecule has 224 valence electrons. The second-order valence-corrected chi connectivity index (χ2v) is 12.3. The number of amides is 2. The third-order valence-corrected chi connectivity index (χ3v) is 9.11. The molecule has 4 aromatic rings. The summed E-state index contributed by atoms with van der Waals surface area (Å²) in [6, 6.07) is 19.0. The molecule has 43 heavy (non-hydrogen) atoms. The molecule has 0 radical (unpaired) electrons. The lowest BCUT2D eigenvalue weighted by molar-refractivity contribution is -0.123. The number of para-hydroxylation sites is 1. The van der Waals surface area contributed by atoms with Crippen LogP contribution < -0.4 is 15.4 Å². The van der Waals surface area contributed by atoms with E-state index in [1.165, 1.54) is 23.1 Å². The van der Waals surface area contributed by atoms with Crippen LogP contribution in [0.3, 0.4) is 0 Å². The number of aryl methyl sites for hydroxylation is 1. The lowest BCUT2D eigenvalue weighted by Crippen LogP contribution is -2.29. The number of hydrogen-bond donors (Lipinski definition) is 2. The number of fused-ring (bicyclic) bond motifs is 1. The van der Waals surface area contributed by atoms with E-state index in [1.807, 2.05) is 53.1 Å². The van der Waals surface area contributed by atoms with Crippen LogP contribution in [-0.4, -0.2) is 51.0 Å². The van der Waals surface area contributed by atoms with Crippen LogP contribution >= 0.6 is 23.1 Å². The summed E-state index contributed by atoms with van der Waals surface area (Å²) in [5, 5.41) is 15.0. The van der Waals surface area contributed by atoms with Gasteiger partial charge in [-0.3, -0.25) is 9.59 Å². The van der Waals surface area contributed by atoms with Crippen LogP contribution in [0.2, 0.25) is 0 Å². The van der Waals surface area contributed by atoms with Crippen molar-refractivity contribution in [1.82, 2.24) is 20.1 Å². The van der Waals surface area contributed by atoms with Crippen molar-refractivity contribution >= 4 is 45.9 Å². The zero-order valence-electron chi connectivity index (χ0n) is 24.0. The molecular formula is C31H33N5O5S2. The molecule has 0 saturated heterocycles. The minimum absolute atomic E-state index is 0.129. The Morgan fingerprint density at radius 2 is 1.79 bits per heavy atom. The second-order valence-electron chi connectivity index (χ2n) is 9.88. The highest BCUT2D eigenvalue weighted by atomic mass is 32.2. The number of thioether (sulfide) groups is 1. The zero-order valence-corrected chi connectivity index (χ0v) is 25.6. The Balaban J connectivity index is 1.28. The number of aromatic nitrogens is 3. The van der Waals surface area contributed by atoms with Gasteiger partial charge < -0.3 is 24.7 Å². The molecular weight excluding hydrogens is 587 g/mol. The van der Waals surface area contributed by atoms with Crippen LogP contribution in [-0.2, 0) is 40.3 Å². The van der Waals surface area contributed by atoms with Crippen molar-refractivity contribution in [3.8, 4) is 5.75 Å². The van der Waals surface area contributed by atoms with E-state index in [-0.39, 0.29) is 31.6 Å². The fourth-order valence-corrected chi connectivity index (χ4v) is 6.84. The van der Waals surface area contributed by atoms with Gasteiger partial charge in [0.25, 0.3) is 5.91 Å². The molecule has 2 N–H and O–H groups in total. The van der Waals surface area contributed by atoms with Crippen molar-refractivity contribution in [2.24, 2.45) is 0 Å². The lowest BCUT2D eigenvalue weighted by atomic mass is 10.1. The Kier molecular flexibility index (Phi) is 10.1. The summed E-state index contributed by atoms with van der Waals surface area (Å²) in [5.74, 6) is 0.211. The first-order valence-electron chi connectivity index (χ1n) is 14.1. The Bertz CT molecular complexity index is 1570. The molecule has 1 aliphatic carbocycles. The van der Waals surface area contributed by atoms with Crippen molar-refractivity contribution in [2.75, 3.05) is 18.5 Å². The summed E-state index contributed by atoms with van der Waals surface area (Å²) < 4.78 is 12.7. The Hall–Kier alpha value is -4.16. The maximum atomic E-state index is 13.4. The van der Waals surface area contributed by atoms with Crippen molar-refractivity contribution < 1.29 is 23.9 Å². The summed E-state index contributed by atoms with van der Waals surface area (Å²) in [4.78, 5) is 39.7. The quantitative estimate of drug-likeness (QED) is 0.161. The van der Waals surface area contributed by atoms with E-state index in [0.717, 1.165) is 35.3 Å². The number of thiophene rings is 1. The smallest absolute Gasteiger partial charge is 0.341 e. The molecule has 0 saturated carbocycles. The first-order valence-corrected chi connectivity index (χ1v) is 15.8. The zero-order chi connectivity index (χ0) is 30.2. The van der Waals surface area contributed by atoms with Gasteiger partial charge in [0.15, 0.2) is 17.6 Å². The number of nitrogens with zero attached hydrogens (tertiary/aromatic N) is 3. The number of carbonyl (C=O) groups excluding carboxylic acids is 3. The Labute approximate surface area is 258 Å². The third kappa shape index (κ3) is 7.63. The molecule has 1 atom stereocenters. The number of carbonyl (C=O) groups is 3. The van der Waals surface area contributed by atoms with Crippen molar-refractivity contribution in [1.29, 1.82) is 0 Å². The minimum Gasteiger partial charge on any atom is -0.484 e. The molecule has 2 heterocycles. The van der Waals surface area contributed by atoms with E-state index in [0.29, 0.717) is 33.8 Å². The predicted molar refractivity (Wildman–Crippen MR) is 166 cm³/mol. The number of hydrogen-bond acceptors (Lipinski definition) is 9. The topological polar surface area (TPSA) is 124 Å². The van der Waals surface area contributed by atoms with Gasteiger partial charge in [0.2, 0.25) is 5.91 Å². The molecule has 1 unspecified atom stereocenters. The van der Waals surface area contributed by atoms with E-state index < -0.39 is 11.2 Å². The minimum atomic E-state index is -0.549. The highest BCUT2D eigenvalue weighted by Crippen LogP contribution is 2.40. The molecule has 10 nitrogen and oxygen atoms in total.